The van der Waals surface area contributed by atoms with Crippen molar-refractivity contribution in [3.05, 3.63) is 33.8 Å². The number of hydrogen-bond acceptors (Lipinski definition) is 4. The summed E-state index contributed by atoms with van der Waals surface area (Å²) in [4.78, 5) is 22.7. The van der Waals surface area contributed by atoms with Gasteiger partial charge in [0, 0.05) is 32.8 Å². The lowest BCUT2D eigenvalue weighted by Gasteiger charge is -2.28. The summed E-state index contributed by atoms with van der Waals surface area (Å²) in [7, 11) is 1.73. The van der Waals surface area contributed by atoms with Crippen LogP contribution in [0, 0.1) is 5.92 Å². The number of thiazole rings is 1. The SMILES string of the molecule is CCc1ncsc1C(=O)N(C)C[C@H]1CCc2nc(C(F)(F)F)cn2C1. The number of imidazole rings is 1. The number of nitrogens with zero attached hydrogens (tertiary/aromatic N) is 4. The molecule has 9 heteroatoms. The molecule has 1 aliphatic rings. The highest BCUT2D eigenvalue weighted by molar-refractivity contribution is 7.11. The molecule has 2 aromatic rings. The van der Waals surface area contributed by atoms with E-state index in [0.29, 0.717) is 36.6 Å². The molecule has 1 amide bonds. The van der Waals surface area contributed by atoms with E-state index in [9.17, 15) is 18.0 Å². The number of amides is 1. The molecule has 1 atom stereocenters. The van der Waals surface area contributed by atoms with Crippen molar-refractivity contribution < 1.29 is 18.0 Å². The molecule has 0 saturated carbocycles. The van der Waals surface area contributed by atoms with E-state index < -0.39 is 11.9 Å². The summed E-state index contributed by atoms with van der Waals surface area (Å²) in [5.41, 5.74) is 1.61. The maximum Gasteiger partial charge on any atom is 0.434 e. The third kappa shape index (κ3) is 3.70. The lowest BCUT2D eigenvalue weighted by Crippen LogP contribution is -2.35. The first-order chi connectivity index (χ1) is 11.8. The van der Waals surface area contributed by atoms with E-state index in [4.69, 9.17) is 0 Å². The third-order valence-electron chi connectivity index (χ3n) is 4.43. The van der Waals surface area contributed by atoms with Gasteiger partial charge in [-0.3, -0.25) is 4.79 Å². The first-order valence-corrected chi connectivity index (χ1v) is 8.98. The van der Waals surface area contributed by atoms with Crippen LogP contribution in [-0.4, -0.2) is 38.9 Å². The van der Waals surface area contributed by atoms with Gasteiger partial charge in [-0.05, 0) is 18.8 Å². The van der Waals surface area contributed by atoms with Crippen LogP contribution in [0.15, 0.2) is 11.7 Å². The van der Waals surface area contributed by atoms with Crippen molar-refractivity contribution >= 4 is 17.2 Å². The van der Waals surface area contributed by atoms with Gasteiger partial charge >= 0.3 is 6.18 Å². The monoisotopic (exact) mass is 372 g/mol. The normalized spacial score (nSPS) is 17.4. The Kier molecular flexibility index (Phi) is 4.86. The first-order valence-electron chi connectivity index (χ1n) is 8.10. The van der Waals surface area contributed by atoms with E-state index in [1.807, 2.05) is 6.92 Å². The molecule has 0 aromatic carbocycles. The van der Waals surface area contributed by atoms with E-state index >= 15 is 0 Å². The molecule has 25 heavy (non-hydrogen) atoms. The molecule has 3 heterocycles. The Morgan fingerprint density at radius 2 is 2.24 bits per heavy atom. The van der Waals surface area contributed by atoms with Crippen molar-refractivity contribution in [1.29, 1.82) is 0 Å². The van der Waals surface area contributed by atoms with Crippen molar-refractivity contribution in [3.63, 3.8) is 0 Å². The van der Waals surface area contributed by atoms with E-state index in [0.717, 1.165) is 18.3 Å². The Morgan fingerprint density at radius 3 is 2.92 bits per heavy atom. The number of fused-ring (bicyclic) bond motifs is 1. The minimum atomic E-state index is -4.42. The fourth-order valence-electron chi connectivity index (χ4n) is 3.14. The molecule has 0 bridgehead atoms. The van der Waals surface area contributed by atoms with Gasteiger partial charge in [0.05, 0.1) is 11.2 Å². The lowest BCUT2D eigenvalue weighted by atomic mass is 9.99. The zero-order valence-corrected chi connectivity index (χ0v) is 14.8. The molecule has 0 aliphatic carbocycles. The first kappa shape index (κ1) is 17.9. The molecule has 0 N–H and O–H groups in total. The number of carbonyl (C=O) groups excluding carboxylic acids is 1. The number of halogens is 3. The Bertz CT molecular complexity index is 768. The fraction of sp³-hybridized carbons (Fsp3) is 0.562. The van der Waals surface area contributed by atoms with Gasteiger partial charge in [-0.2, -0.15) is 13.2 Å². The molecule has 0 spiro atoms. The van der Waals surface area contributed by atoms with Crippen LogP contribution in [0.2, 0.25) is 0 Å². The van der Waals surface area contributed by atoms with Gasteiger partial charge in [-0.1, -0.05) is 6.92 Å². The number of rotatable bonds is 4. The van der Waals surface area contributed by atoms with Crippen LogP contribution < -0.4 is 0 Å². The van der Waals surface area contributed by atoms with Crippen molar-refractivity contribution in [2.24, 2.45) is 5.92 Å². The van der Waals surface area contributed by atoms with Gasteiger partial charge in [0.1, 0.15) is 10.7 Å². The Balaban J connectivity index is 1.66. The average molecular weight is 372 g/mol. The maximum absolute atomic E-state index is 12.8. The standard InChI is InChI=1S/C16H19F3N4OS/c1-3-11-14(25-9-20-11)15(24)22(2)6-10-4-5-13-21-12(16(17,18)19)8-23(13)7-10/h8-10H,3-7H2,1-2H3/t10-/m1/s1. The van der Waals surface area contributed by atoms with Crippen molar-refractivity contribution in [2.75, 3.05) is 13.6 Å². The Morgan fingerprint density at radius 1 is 1.48 bits per heavy atom. The summed E-state index contributed by atoms with van der Waals surface area (Å²) in [6.07, 6.45) is -1.45. The highest BCUT2D eigenvalue weighted by atomic mass is 32.1. The summed E-state index contributed by atoms with van der Waals surface area (Å²) >= 11 is 1.32. The molecule has 2 aromatic heterocycles. The Hall–Kier alpha value is -1.90. The van der Waals surface area contributed by atoms with E-state index in [1.54, 1.807) is 22.0 Å². The predicted octanol–water partition coefficient (Wildman–Crippen LogP) is 3.26. The molecule has 0 fully saturated rings. The fourth-order valence-corrected chi connectivity index (χ4v) is 4.01. The average Bonchev–Trinajstić information content (AvgIpc) is 3.19. The van der Waals surface area contributed by atoms with Crippen LogP contribution in [0.4, 0.5) is 13.2 Å². The molecule has 0 saturated heterocycles. The summed E-state index contributed by atoms with van der Waals surface area (Å²) < 4.78 is 39.9. The maximum atomic E-state index is 12.8. The van der Waals surface area contributed by atoms with Crippen molar-refractivity contribution in [1.82, 2.24) is 19.4 Å². The molecular weight excluding hydrogens is 353 g/mol. The van der Waals surface area contributed by atoms with Crippen LogP contribution in [0.25, 0.3) is 0 Å². The summed E-state index contributed by atoms with van der Waals surface area (Å²) in [6.45, 7) is 2.89. The molecule has 5 nitrogen and oxygen atoms in total. The summed E-state index contributed by atoms with van der Waals surface area (Å²) in [5, 5.41) is 0. The predicted molar refractivity (Wildman–Crippen MR) is 87.5 cm³/mol. The minimum absolute atomic E-state index is 0.0771. The molecule has 3 rings (SSSR count). The number of carbonyl (C=O) groups is 1. The van der Waals surface area contributed by atoms with Gasteiger partial charge in [0.25, 0.3) is 5.91 Å². The molecular formula is C16H19F3N4OS. The highest BCUT2D eigenvalue weighted by Crippen LogP contribution is 2.31. The van der Waals surface area contributed by atoms with Crippen LogP contribution in [0.5, 0.6) is 0 Å². The van der Waals surface area contributed by atoms with Gasteiger partial charge in [0.2, 0.25) is 0 Å². The van der Waals surface area contributed by atoms with E-state index in [1.165, 1.54) is 11.3 Å². The van der Waals surface area contributed by atoms with Crippen molar-refractivity contribution in [3.8, 4) is 0 Å². The minimum Gasteiger partial charge on any atom is -0.341 e. The number of aryl methyl sites for hydroxylation is 2. The summed E-state index contributed by atoms with van der Waals surface area (Å²) in [6, 6.07) is 0. The van der Waals surface area contributed by atoms with E-state index in [2.05, 4.69) is 9.97 Å². The van der Waals surface area contributed by atoms with Crippen LogP contribution in [0.3, 0.4) is 0 Å². The second kappa shape index (κ2) is 6.78. The molecule has 136 valence electrons. The lowest BCUT2D eigenvalue weighted by molar-refractivity contribution is -0.141. The zero-order valence-electron chi connectivity index (χ0n) is 14.0. The third-order valence-corrected chi connectivity index (χ3v) is 5.29. The van der Waals surface area contributed by atoms with Gasteiger partial charge < -0.3 is 9.47 Å². The number of alkyl halides is 3. The van der Waals surface area contributed by atoms with Crippen molar-refractivity contribution in [2.45, 2.75) is 38.9 Å². The molecule has 0 unspecified atom stereocenters. The second-order valence-corrected chi connectivity index (χ2v) is 7.12. The Labute approximate surface area is 147 Å². The summed E-state index contributed by atoms with van der Waals surface area (Å²) in [5.74, 6) is 0.495. The van der Waals surface area contributed by atoms with Crippen LogP contribution in [0.1, 0.15) is 40.2 Å². The largest absolute Gasteiger partial charge is 0.434 e. The highest BCUT2D eigenvalue weighted by Gasteiger charge is 2.36. The molecule has 0 radical (unpaired) electrons. The van der Waals surface area contributed by atoms with Gasteiger partial charge in [-0.15, -0.1) is 11.3 Å². The van der Waals surface area contributed by atoms with Crippen LogP contribution in [-0.2, 0) is 25.6 Å². The zero-order chi connectivity index (χ0) is 18.2. The number of hydrogen-bond donors (Lipinski definition) is 0. The quantitative estimate of drug-likeness (QED) is 0.828. The van der Waals surface area contributed by atoms with Crippen LogP contribution >= 0.6 is 11.3 Å². The van der Waals surface area contributed by atoms with Gasteiger partial charge in [-0.25, -0.2) is 9.97 Å². The van der Waals surface area contributed by atoms with Gasteiger partial charge in [0.15, 0.2) is 5.69 Å². The van der Waals surface area contributed by atoms with E-state index in [-0.39, 0.29) is 11.8 Å². The second-order valence-electron chi connectivity index (χ2n) is 6.26. The smallest absolute Gasteiger partial charge is 0.341 e. The topological polar surface area (TPSA) is 51.0 Å². The number of aromatic nitrogens is 3. The molecule has 1 aliphatic heterocycles.